The standard InChI is InChI=1S/C5H4F4NO/c1-3(6)5(8,9)4(7,11)2-10/h3H,1H3. The first-order valence-corrected chi connectivity index (χ1v) is 2.58. The highest BCUT2D eigenvalue weighted by atomic mass is 19.3. The molecule has 0 aromatic heterocycles. The SMILES string of the molecule is CC(F)C(F)(F)C([O])(F)C#N. The number of hydrogen-bond acceptors (Lipinski definition) is 1. The summed E-state index contributed by atoms with van der Waals surface area (Å²) >= 11 is 0. The van der Waals surface area contributed by atoms with Crippen molar-refractivity contribution in [3.8, 4) is 6.07 Å². The van der Waals surface area contributed by atoms with Crippen LogP contribution in [0.2, 0.25) is 0 Å². The zero-order valence-electron chi connectivity index (χ0n) is 5.44. The van der Waals surface area contributed by atoms with Crippen molar-refractivity contribution in [3.63, 3.8) is 0 Å². The Balaban J connectivity index is 4.71. The summed E-state index contributed by atoms with van der Waals surface area (Å²) in [5.74, 6) is -9.50. The Bertz CT molecular complexity index is 183. The van der Waals surface area contributed by atoms with Gasteiger partial charge in [0, 0.05) is 0 Å². The van der Waals surface area contributed by atoms with Crippen LogP contribution in [0.1, 0.15) is 6.92 Å². The van der Waals surface area contributed by atoms with Gasteiger partial charge in [-0.15, -0.1) is 0 Å². The molecule has 2 unspecified atom stereocenters. The van der Waals surface area contributed by atoms with Crippen molar-refractivity contribution in [2.24, 2.45) is 0 Å². The molecule has 11 heavy (non-hydrogen) atoms. The van der Waals surface area contributed by atoms with Crippen molar-refractivity contribution < 1.29 is 22.7 Å². The molecule has 0 spiro atoms. The molecule has 0 heterocycles. The van der Waals surface area contributed by atoms with E-state index in [9.17, 15) is 22.7 Å². The fourth-order valence-electron chi connectivity index (χ4n) is 0.330. The first-order valence-electron chi connectivity index (χ1n) is 2.58. The molecule has 0 saturated carbocycles. The van der Waals surface area contributed by atoms with E-state index in [1.54, 1.807) is 0 Å². The van der Waals surface area contributed by atoms with Gasteiger partial charge in [0.05, 0.1) is 0 Å². The molecule has 0 aromatic rings. The number of halogens is 4. The Morgan fingerprint density at radius 3 is 1.91 bits per heavy atom. The fourth-order valence-corrected chi connectivity index (χ4v) is 0.330. The smallest absolute Gasteiger partial charge is 0.241 e. The molecule has 0 saturated heterocycles. The van der Waals surface area contributed by atoms with Gasteiger partial charge in [-0.05, 0) is 6.92 Å². The molecular weight excluding hydrogens is 166 g/mol. The molecule has 0 aliphatic carbocycles. The maximum Gasteiger partial charge on any atom is 0.389 e. The van der Waals surface area contributed by atoms with E-state index in [1.165, 1.54) is 0 Å². The molecule has 0 amide bonds. The number of hydrogen-bond donors (Lipinski definition) is 0. The van der Waals surface area contributed by atoms with Gasteiger partial charge in [-0.25, -0.2) is 4.39 Å². The van der Waals surface area contributed by atoms with Crippen molar-refractivity contribution >= 4 is 0 Å². The highest BCUT2D eigenvalue weighted by molar-refractivity contribution is 5.03. The van der Waals surface area contributed by atoms with Crippen molar-refractivity contribution in [1.29, 1.82) is 5.26 Å². The van der Waals surface area contributed by atoms with Crippen molar-refractivity contribution in [1.82, 2.24) is 0 Å². The minimum atomic E-state index is -4.80. The maximum atomic E-state index is 12.0. The van der Waals surface area contributed by atoms with E-state index < -0.39 is 17.9 Å². The lowest BCUT2D eigenvalue weighted by Gasteiger charge is -2.21. The van der Waals surface area contributed by atoms with Crippen LogP contribution in [0.4, 0.5) is 17.6 Å². The molecule has 0 bridgehead atoms. The molecule has 0 aliphatic rings. The Morgan fingerprint density at radius 2 is 1.82 bits per heavy atom. The Kier molecular flexibility index (Phi) is 2.46. The largest absolute Gasteiger partial charge is 0.389 e. The van der Waals surface area contributed by atoms with Crippen molar-refractivity contribution in [2.75, 3.05) is 0 Å². The van der Waals surface area contributed by atoms with Gasteiger partial charge >= 0.3 is 11.8 Å². The van der Waals surface area contributed by atoms with Crippen molar-refractivity contribution in [3.05, 3.63) is 0 Å². The number of rotatable bonds is 2. The molecule has 0 rings (SSSR count). The molecule has 0 fully saturated rings. The number of nitriles is 1. The van der Waals surface area contributed by atoms with Gasteiger partial charge < -0.3 is 0 Å². The first kappa shape index (κ1) is 10.2. The number of alkyl halides is 4. The third-order valence-corrected chi connectivity index (χ3v) is 1.07. The van der Waals surface area contributed by atoms with Crippen LogP contribution in [-0.2, 0) is 5.11 Å². The van der Waals surface area contributed by atoms with E-state index >= 15 is 0 Å². The first-order chi connectivity index (χ1) is 4.75. The van der Waals surface area contributed by atoms with Gasteiger partial charge in [0.1, 0.15) is 6.07 Å². The van der Waals surface area contributed by atoms with Crippen LogP contribution in [-0.4, -0.2) is 17.9 Å². The third-order valence-electron chi connectivity index (χ3n) is 1.07. The zero-order valence-corrected chi connectivity index (χ0v) is 5.44. The molecule has 0 aliphatic heterocycles. The second-order valence-corrected chi connectivity index (χ2v) is 1.95. The Hall–Kier alpha value is -0.830. The fraction of sp³-hybridized carbons (Fsp3) is 0.800. The van der Waals surface area contributed by atoms with Crippen LogP contribution < -0.4 is 0 Å². The van der Waals surface area contributed by atoms with Crippen molar-refractivity contribution in [2.45, 2.75) is 24.9 Å². The van der Waals surface area contributed by atoms with E-state index in [2.05, 4.69) is 0 Å². The van der Waals surface area contributed by atoms with Gasteiger partial charge in [-0.3, -0.25) is 0 Å². The molecule has 2 nitrogen and oxygen atoms in total. The van der Waals surface area contributed by atoms with Crippen LogP contribution in [0.3, 0.4) is 0 Å². The summed E-state index contributed by atoms with van der Waals surface area (Å²) in [5.41, 5.74) is 0. The molecule has 63 valence electrons. The maximum absolute atomic E-state index is 12.0. The summed E-state index contributed by atoms with van der Waals surface area (Å²) < 4.78 is 47.8. The molecular formula is C5H4F4NO. The van der Waals surface area contributed by atoms with Gasteiger partial charge in [-0.2, -0.15) is 23.5 Å². The lowest BCUT2D eigenvalue weighted by Crippen LogP contribution is -2.47. The molecule has 6 heteroatoms. The second kappa shape index (κ2) is 2.66. The van der Waals surface area contributed by atoms with E-state index in [-0.39, 0.29) is 6.07 Å². The van der Waals surface area contributed by atoms with Crippen LogP contribution in [0, 0.1) is 11.3 Å². The summed E-state index contributed by atoms with van der Waals surface area (Å²) in [7, 11) is 0. The average molecular weight is 170 g/mol. The molecule has 0 aromatic carbocycles. The summed E-state index contributed by atoms with van der Waals surface area (Å²) in [4.78, 5) is 0. The van der Waals surface area contributed by atoms with Crippen LogP contribution in [0.5, 0.6) is 0 Å². The molecule has 2 atom stereocenters. The minimum Gasteiger partial charge on any atom is -0.241 e. The third kappa shape index (κ3) is 1.60. The summed E-state index contributed by atoms with van der Waals surface area (Å²) in [6.07, 6.45) is -2.98. The van der Waals surface area contributed by atoms with Gasteiger partial charge in [0.25, 0.3) is 0 Å². The summed E-state index contributed by atoms with van der Waals surface area (Å²) in [5, 5.41) is 17.5. The predicted molar refractivity (Wildman–Crippen MR) is 25.7 cm³/mol. The van der Waals surface area contributed by atoms with E-state index in [4.69, 9.17) is 5.26 Å². The molecule has 1 radical (unpaired) electrons. The average Bonchev–Trinajstić information content (AvgIpc) is 1.87. The van der Waals surface area contributed by atoms with Crippen LogP contribution in [0.25, 0.3) is 0 Å². The van der Waals surface area contributed by atoms with E-state index in [1.807, 2.05) is 0 Å². The number of nitrogens with zero attached hydrogens (tertiary/aromatic N) is 1. The Labute approximate surface area is 60.0 Å². The molecule has 0 N–H and O–H groups in total. The minimum absolute atomic E-state index is 0.151. The predicted octanol–water partition coefficient (Wildman–Crippen LogP) is 1.60. The topological polar surface area (TPSA) is 43.7 Å². The zero-order chi connectivity index (χ0) is 9.28. The van der Waals surface area contributed by atoms with E-state index in [0.29, 0.717) is 6.92 Å². The monoisotopic (exact) mass is 170 g/mol. The Morgan fingerprint density at radius 1 is 1.45 bits per heavy atom. The highest BCUT2D eigenvalue weighted by Crippen LogP contribution is 2.34. The lowest BCUT2D eigenvalue weighted by molar-refractivity contribution is -0.268. The summed E-state index contributed by atoms with van der Waals surface area (Å²) in [6, 6.07) is 0.151. The normalized spacial score (nSPS) is 20.1. The quantitative estimate of drug-likeness (QED) is 0.580. The van der Waals surface area contributed by atoms with E-state index in [0.717, 1.165) is 0 Å². The summed E-state index contributed by atoms with van der Waals surface area (Å²) in [6.45, 7) is 0.309. The van der Waals surface area contributed by atoms with Crippen LogP contribution >= 0.6 is 0 Å². The van der Waals surface area contributed by atoms with Gasteiger partial charge in [-0.1, -0.05) is 0 Å². The van der Waals surface area contributed by atoms with Crippen LogP contribution in [0.15, 0.2) is 0 Å². The van der Waals surface area contributed by atoms with Gasteiger partial charge in [0.2, 0.25) is 0 Å². The second-order valence-electron chi connectivity index (χ2n) is 1.95. The lowest BCUT2D eigenvalue weighted by atomic mass is 10.1. The highest BCUT2D eigenvalue weighted by Gasteiger charge is 2.60. The van der Waals surface area contributed by atoms with Gasteiger partial charge in [0.15, 0.2) is 6.17 Å².